The Bertz CT molecular complexity index is 987. The maximum Gasteiger partial charge on any atom is 0.419 e. The van der Waals surface area contributed by atoms with E-state index in [1.165, 1.54) is 23.3 Å². The number of hydrogen-bond acceptors (Lipinski definition) is 12. The molecule has 0 saturated carbocycles. The van der Waals surface area contributed by atoms with E-state index in [4.69, 9.17) is 28.8 Å². The lowest BCUT2D eigenvalue weighted by Crippen LogP contribution is -2.33. The number of aliphatic hydroxyl groups excluding tert-OH is 1. The Morgan fingerprint density at radius 3 is 1.58 bits per heavy atom. The zero-order chi connectivity index (χ0) is 34.1. The highest BCUT2D eigenvalue weighted by molar-refractivity contribution is 5.71. The van der Waals surface area contributed by atoms with E-state index in [0.29, 0.717) is 32.4 Å². The first-order valence-corrected chi connectivity index (χ1v) is 15.1. The number of unbranched alkanes of at least 4 members (excludes halogenated alkanes) is 4. The molecule has 0 aliphatic rings. The number of esters is 2. The van der Waals surface area contributed by atoms with E-state index in [1.54, 1.807) is 20.8 Å². The first kappa shape index (κ1) is 41.1. The summed E-state index contributed by atoms with van der Waals surface area (Å²) in [5.74, 6) is -0.641. The second-order valence-corrected chi connectivity index (χ2v) is 11.7. The van der Waals surface area contributed by atoms with E-state index in [0.717, 1.165) is 25.7 Å². The zero-order valence-electron chi connectivity index (χ0n) is 27.6. The monoisotopic (exact) mass is 644 g/mol. The van der Waals surface area contributed by atoms with E-state index in [2.05, 4.69) is 15.6 Å². The van der Waals surface area contributed by atoms with Crippen LogP contribution in [0.25, 0.3) is 0 Å². The van der Waals surface area contributed by atoms with Crippen LogP contribution in [0, 0.1) is 0 Å². The molecule has 0 aliphatic heterocycles. The number of nitrogens with zero attached hydrogens (tertiary/aromatic N) is 2. The second-order valence-electron chi connectivity index (χ2n) is 11.7. The van der Waals surface area contributed by atoms with Gasteiger partial charge in [0, 0.05) is 38.3 Å². The molecule has 0 aromatic carbocycles. The molecule has 0 aliphatic carbocycles. The van der Waals surface area contributed by atoms with E-state index in [-0.39, 0.29) is 44.8 Å². The molecule has 0 saturated heterocycles. The third-order valence-corrected chi connectivity index (χ3v) is 5.09. The number of alkyl carbamates (subject to hydrolysis) is 2. The summed E-state index contributed by atoms with van der Waals surface area (Å²) >= 11 is 0. The Morgan fingerprint density at radius 2 is 1.16 bits per heavy atom. The molecule has 1 aromatic heterocycles. The van der Waals surface area contributed by atoms with Crippen LogP contribution in [0.4, 0.5) is 14.4 Å². The van der Waals surface area contributed by atoms with Crippen LogP contribution in [0.2, 0.25) is 0 Å². The fourth-order valence-electron chi connectivity index (χ4n) is 3.18. The zero-order valence-corrected chi connectivity index (χ0v) is 27.6. The minimum absolute atomic E-state index is 0.0113. The highest BCUT2D eigenvalue weighted by atomic mass is 16.6. The summed E-state index contributed by atoms with van der Waals surface area (Å²) in [6.07, 6.45) is 7.93. The van der Waals surface area contributed by atoms with Gasteiger partial charge in [-0.25, -0.2) is 23.9 Å². The van der Waals surface area contributed by atoms with Crippen molar-refractivity contribution in [3.8, 4) is 0 Å². The molecular formula is C30H52N4O11. The lowest BCUT2D eigenvalue weighted by Gasteiger charge is -2.19. The minimum Gasteiger partial charge on any atom is -0.463 e. The maximum atomic E-state index is 11.5. The summed E-state index contributed by atoms with van der Waals surface area (Å²) in [4.78, 5) is 60.5. The Kier molecular flexibility index (Phi) is 21.5. The quantitative estimate of drug-likeness (QED) is 0.125. The largest absolute Gasteiger partial charge is 0.463 e. The molecule has 0 unspecified atom stereocenters. The lowest BCUT2D eigenvalue weighted by atomic mass is 10.2. The number of rotatable bonds is 17. The Morgan fingerprint density at radius 1 is 0.689 bits per heavy atom. The maximum absolute atomic E-state index is 11.5. The minimum atomic E-state index is -0.573. The number of hydrogen-bond donors (Lipinski definition) is 3. The predicted molar refractivity (Wildman–Crippen MR) is 163 cm³/mol. The van der Waals surface area contributed by atoms with E-state index in [9.17, 15) is 24.0 Å². The van der Waals surface area contributed by atoms with Gasteiger partial charge >= 0.3 is 30.2 Å². The summed E-state index contributed by atoms with van der Waals surface area (Å²) < 4.78 is 26.0. The summed E-state index contributed by atoms with van der Waals surface area (Å²) in [7, 11) is 0. The molecule has 0 fully saturated rings. The van der Waals surface area contributed by atoms with Crippen LogP contribution in [0.1, 0.15) is 92.9 Å². The molecule has 258 valence electrons. The number of carbonyl (C=O) groups is 5. The third-order valence-electron chi connectivity index (χ3n) is 5.09. The van der Waals surface area contributed by atoms with Gasteiger partial charge in [0.05, 0.1) is 6.61 Å². The molecule has 0 radical (unpaired) electrons. The molecule has 1 aromatic rings. The molecule has 1 rings (SSSR count). The van der Waals surface area contributed by atoms with Crippen LogP contribution in [0.15, 0.2) is 18.7 Å². The standard InChI is InChI=1S/C17H27N3O6.C13H25NO5/c1-17(2,3)26-15(22)19-8-6-4-5-7-14(21)24-11-12-25-16(23)20-10-9-18-13-20;1-13(2,3)19-12(17)14-8-6-4-5-7-11(16)18-10-9-15/h9-10,13H,4-8,11-12H2,1-3H3,(H,19,22);15H,4-10H2,1-3H3,(H,14,17). The van der Waals surface area contributed by atoms with Gasteiger partial charge in [0.15, 0.2) is 0 Å². The second kappa shape index (κ2) is 23.5. The number of aliphatic hydroxyl groups is 1. The van der Waals surface area contributed by atoms with Crippen LogP contribution in [0.3, 0.4) is 0 Å². The number of carbonyl (C=O) groups excluding carboxylic acids is 5. The topological polar surface area (TPSA) is 194 Å². The smallest absolute Gasteiger partial charge is 0.419 e. The van der Waals surface area contributed by atoms with Crippen molar-refractivity contribution in [2.75, 3.05) is 39.5 Å². The highest BCUT2D eigenvalue weighted by Gasteiger charge is 2.16. The first-order valence-electron chi connectivity index (χ1n) is 15.1. The van der Waals surface area contributed by atoms with E-state index >= 15 is 0 Å². The average molecular weight is 645 g/mol. The highest BCUT2D eigenvalue weighted by Crippen LogP contribution is 2.08. The number of imidazole rings is 1. The van der Waals surface area contributed by atoms with Crippen molar-refractivity contribution in [1.82, 2.24) is 20.2 Å². The predicted octanol–water partition coefficient (Wildman–Crippen LogP) is 4.10. The van der Waals surface area contributed by atoms with E-state index < -0.39 is 29.5 Å². The molecule has 15 nitrogen and oxygen atoms in total. The molecule has 0 bridgehead atoms. The normalized spacial score (nSPS) is 10.9. The molecule has 15 heteroatoms. The Labute approximate surface area is 265 Å². The molecule has 2 amide bonds. The number of ether oxygens (including phenoxy) is 5. The molecule has 45 heavy (non-hydrogen) atoms. The van der Waals surface area contributed by atoms with Gasteiger partial charge in [-0.2, -0.15) is 0 Å². The molecular weight excluding hydrogens is 592 g/mol. The van der Waals surface area contributed by atoms with Gasteiger partial charge in [0.2, 0.25) is 0 Å². The van der Waals surface area contributed by atoms with Crippen LogP contribution in [0.5, 0.6) is 0 Å². The average Bonchev–Trinajstić information content (AvgIpc) is 3.47. The van der Waals surface area contributed by atoms with Crippen molar-refractivity contribution in [1.29, 1.82) is 0 Å². The van der Waals surface area contributed by atoms with Crippen molar-refractivity contribution in [3.05, 3.63) is 18.7 Å². The van der Waals surface area contributed by atoms with Crippen LogP contribution >= 0.6 is 0 Å². The number of nitrogens with one attached hydrogen (secondary N) is 2. The Balaban J connectivity index is 0.000000907. The van der Waals surface area contributed by atoms with Crippen molar-refractivity contribution in [2.24, 2.45) is 0 Å². The molecule has 3 N–H and O–H groups in total. The van der Waals surface area contributed by atoms with Gasteiger partial charge in [-0.15, -0.1) is 0 Å². The lowest BCUT2D eigenvalue weighted by molar-refractivity contribution is -0.145. The van der Waals surface area contributed by atoms with Crippen molar-refractivity contribution >= 4 is 30.2 Å². The van der Waals surface area contributed by atoms with Crippen LogP contribution in [-0.4, -0.2) is 95.6 Å². The number of aromatic nitrogens is 2. The number of amides is 2. The summed E-state index contributed by atoms with van der Waals surface area (Å²) in [5.41, 5.74) is -0.999. The van der Waals surface area contributed by atoms with Crippen molar-refractivity contribution in [2.45, 2.75) is 104 Å². The summed E-state index contributed by atoms with van der Waals surface area (Å²) in [6, 6.07) is 0. The van der Waals surface area contributed by atoms with Gasteiger partial charge < -0.3 is 39.4 Å². The van der Waals surface area contributed by atoms with E-state index in [1.807, 2.05) is 20.8 Å². The van der Waals surface area contributed by atoms with Gasteiger partial charge in [0.1, 0.15) is 37.4 Å². The SMILES string of the molecule is CC(C)(C)OC(=O)NCCCCCC(=O)OCCO.CC(C)(C)OC(=O)NCCCCCC(=O)OCCOC(=O)n1ccnc1. The van der Waals surface area contributed by atoms with Crippen LogP contribution < -0.4 is 10.6 Å². The van der Waals surface area contributed by atoms with Crippen LogP contribution in [-0.2, 0) is 33.3 Å². The van der Waals surface area contributed by atoms with Gasteiger partial charge in [0.25, 0.3) is 0 Å². The molecule has 1 heterocycles. The van der Waals surface area contributed by atoms with Gasteiger partial charge in [-0.1, -0.05) is 12.8 Å². The van der Waals surface area contributed by atoms with Crippen molar-refractivity contribution in [3.63, 3.8) is 0 Å². The summed E-state index contributed by atoms with van der Waals surface area (Å²) in [6.45, 7) is 11.8. The summed E-state index contributed by atoms with van der Waals surface area (Å²) in [5, 5.41) is 13.8. The fourth-order valence-corrected chi connectivity index (χ4v) is 3.18. The molecule has 0 spiro atoms. The third kappa shape index (κ3) is 27.4. The molecule has 0 atom stereocenters. The first-order chi connectivity index (χ1) is 21.1. The Hall–Kier alpha value is -3.88. The van der Waals surface area contributed by atoms with Crippen molar-refractivity contribution < 1.29 is 52.8 Å². The van der Waals surface area contributed by atoms with Gasteiger partial charge in [-0.3, -0.25) is 9.59 Å². The van der Waals surface area contributed by atoms with Gasteiger partial charge in [-0.05, 0) is 67.2 Å². The fraction of sp³-hybridized carbons (Fsp3) is 0.733.